The van der Waals surface area contributed by atoms with Crippen molar-refractivity contribution in [2.75, 3.05) is 11.5 Å². The van der Waals surface area contributed by atoms with Crippen molar-refractivity contribution in [1.29, 1.82) is 0 Å². The molecule has 0 atom stereocenters. The molecule has 0 aliphatic rings. The Morgan fingerprint density at radius 2 is 0.900 bits per heavy atom. The Morgan fingerprint density at radius 3 is 1.10 bits per heavy atom. The van der Waals surface area contributed by atoms with Crippen molar-refractivity contribution in [3.63, 3.8) is 0 Å². The fraction of sp³-hybridized carbons (Fsp3) is 0. The lowest BCUT2D eigenvalue weighted by Crippen LogP contribution is -1.86. The first kappa shape index (κ1) is 11.5. The summed E-state index contributed by atoms with van der Waals surface area (Å²) in [5.41, 5.74) is 12.2. The fourth-order valence-electron chi connectivity index (χ4n) is 0.496. The van der Waals surface area contributed by atoms with E-state index in [0.717, 1.165) is 11.4 Å². The van der Waals surface area contributed by atoms with Crippen molar-refractivity contribution in [3.8, 4) is 0 Å². The third kappa shape index (κ3) is 2.91. The molecule has 1 aromatic carbocycles. The highest BCUT2D eigenvalue weighted by atomic mass is 16.0. The second kappa shape index (κ2) is 4.60. The first-order valence-electron chi connectivity index (χ1n) is 2.40. The van der Waals surface area contributed by atoms with Crippen LogP contribution in [0.5, 0.6) is 0 Å². The molecule has 10 heavy (non-hydrogen) atoms. The van der Waals surface area contributed by atoms with Gasteiger partial charge in [-0.05, 0) is 24.3 Å². The maximum atomic E-state index is 5.37. The van der Waals surface area contributed by atoms with Gasteiger partial charge in [-0.1, -0.05) is 0 Å². The van der Waals surface area contributed by atoms with E-state index in [4.69, 9.17) is 11.5 Å². The van der Waals surface area contributed by atoms with Gasteiger partial charge >= 0.3 is 0 Å². The monoisotopic (exact) mass is 144 g/mol. The molecule has 0 aliphatic carbocycles. The molecule has 0 unspecified atom stereocenters. The van der Waals surface area contributed by atoms with Gasteiger partial charge in [0.25, 0.3) is 0 Å². The summed E-state index contributed by atoms with van der Waals surface area (Å²) < 4.78 is 0. The molecule has 4 heteroatoms. The van der Waals surface area contributed by atoms with Crippen LogP contribution in [-0.2, 0) is 0 Å². The molecule has 4 nitrogen and oxygen atoms in total. The van der Waals surface area contributed by atoms with Gasteiger partial charge in [0, 0.05) is 11.4 Å². The number of benzene rings is 1. The Balaban J connectivity index is 0. The zero-order valence-electron chi connectivity index (χ0n) is 5.46. The topological polar surface area (TPSA) is 115 Å². The molecule has 0 radical (unpaired) electrons. The molecule has 0 saturated heterocycles. The quantitative estimate of drug-likeness (QED) is 0.464. The Kier molecular flexibility index (Phi) is 5.31. The van der Waals surface area contributed by atoms with Crippen molar-refractivity contribution in [3.05, 3.63) is 24.3 Å². The third-order valence-electron chi connectivity index (χ3n) is 0.936. The highest BCUT2D eigenvalue weighted by Crippen LogP contribution is 2.04. The van der Waals surface area contributed by atoms with Crippen LogP contribution in [0, 0.1) is 0 Å². The molecular weight excluding hydrogens is 132 g/mol. The van der Waals surface area contributed by atoms with E-state index in [1.165, 1.54) is 0 Å². The molecule has 0 amide bonds. The van der Waals surface area contributed by atoms with Crippen LogP contribution >= 0.6 is 0 Å². The average Bonchev–Trinajstić information content (AvgIpc) is 1.77. The molecule has 1 aromatic rings. The standard InChI is InChI=1S/C6H8N2.2H2O/c7-5-1-2-6(8)4-3-5;;/h1-4H,7-8H2;2*1H2. The normalized spacial score (nSPS) is 7.20. The largest absolute Gasteiger partial charge is 0.412 e. The minimum atomic E-state index is 0. The summed E-state index contributed by atoms with van der Waals surface area (Å²) in [5.74, 6) is 0. The molecular formula is C6H12N2O2. The van der Waals surface area contributed by atoms with E-state index in [2.05, 4.69) is 0 Å². The molecule has 0 aliphatic heterocycles. The van der Waals surface area contributed by atoms with Gasteiger partial charge in [-0.2, -0.15) is 0 Å². The van der Waals surface area contributed by atoms with Crippen molar-refractivity contribution in [2.45, 2.75) is 0 Å². The fourth-order valence-corrected chi connectivity index (χ4v) is 0.496. The van der Waals surface area contributed by atoms with Crippen LogP contribution in [0.3, 0.4) is 0 Å². The van der Waals surface area contributed by atoms with Gasteiger partial charge in [-0.15, -0.1) is 0 Å². The van der Waals surface area contributed by atoms with Crippen LogP contribution in [0.2, 0.25) is 0 Å². The maximum absolute atomic E-state index is 5.37. The zero-order chi connectivity index (χ0) is 5.98. The summed E-state index contributed by atoms with van der Waals surface area (Å²) in [7, 11) is 0. The van der Waals surface area contributed by atoms with Crippen LogP contribution in [0.1, 0.15) is 0 Å². The summed E-state index contributed by atoms with van der Waals surface area (Å²) in [6.45, 7) is 0. The number of anilines is 2. The van der Waals surface area contributed by atoms with Gasteiger partial charge in [-0.25, -0.2) is 0 Å². The second-order valence-corrected chi connectivity index (χ2v) is 1.67. The molecule has 0 saturated carbocycles. The van der Waals surface area contributed by atoms with E-state index in [1.807, 2.05) is 0 Å². The van der Waals surface area contributed by atoms with Gasteiger partial charge in [0.15, 0.2) is 0 Å². The molecule has 0 spiro atoms. The predicted molar refractivity (Wildman–Crippen MR) is 42.5 cm³/mol. The van der Waals surface area contributed by atoms with Crippen molar-refractivity contribution in [1.82, 2.24) is 0 Å². The van der Waals surface area contributed by atoms with E-state index in [-0.39, 0.29) is 11.0 Å². The number of rotatable bonds is 0. The van der Waals surface area contributed by atoms with Gasteiger partial charge < -0.3 is 22.4 Å². The van der Waals surface area contributed by atoms with E-state index in [1.54, 1.807) is 24.3 Å². The van der Waals surface area contributed by atoms with Crippen LogP contribution < -0.4 is 11.5 Å². The van der Waals surface area contributed by atoms with Crippen molar-refractivity contribution >= 4 is 11.4 Å². The maximum Gasteiger partial charge on any atom is 0.0315 e. The number of nitrogens with two attached hydrogens (primary N) is 2. The van der Waals surface area contributed by atoms with Gasteiger partial charge in [0.2, 0.25) is 0 Å². The summed E-state index contributed by atoms with van der Waals surface area (Å²) >= 11 is 0. The van der Waals surface area contributed by atoms with Crippen molar-refractivity contribution < 1.29 is 11.0 Å². The average molecular weight is 144 g/mol. The van der Waals surface area contributed by atoms with Crippen LogP contribution in [0.25, 0.3) is 0 Å². The van der Waals surface area contributed by atoms with Gasteiger partial charge in [0.1, 0.15) is 0 Å². The van der Waals surface area contributed by atoms with E-state index < -0.39 is 0 Å². The first-order chi connectivity index (χ1) is 3.79. The molecule has 0 bridgehead atoms. The smallest absolute Gasteiger partial charge is 0.0315 e. The van der Waals surface area contributed by atoms with E-state index in [0.29, 0.717) is 0 Å². The van der Waals surface area contributed by atoms with E-state index >= 15 is 0 Å². The Hall–Kier alpha value is -1.26. The summed E-state index contributed by atoms with van der Waals surface area (Å²) in [5, 5.41) is 0. The van der Waals surface area contributed by atoms with Crippen LogP contribution in [0.4, 0.5) is 11.4 Å². The highest BCUT2D eigenvalue weighted by molar-refractivity contribution is 5.47. The Labute approximate surface area is 59.1 Å². The minimum Gasteiger partial charge on any atom is -0.412 e. The molecule has 8 N–H and O–H groups in total. The molecule has 58 valence electrons. The van der Waals surface area contributed by atoms with Crippen LogP contribution in [-0.4, -0.2) is 11.0 Å². The number of hydrogen-bond acceptors (Lipinski definition) is 2. The third-order valence-corrected chi connectivity index (χ3v) is 0.936. The first-order valence-corrected chi connectivity index (χ1v) is 2.40. The lowest BCUT2D eigenvalue weighted by molar-refractivity contribution is 0.823. The van der Waals surface area contributed by atoms with E-state index in [9.17, 15) is 0 Å². The number of nitrogen functional groups attached to an aromatic ring is 2. The van der Waals surface area contributed by atoms with Gasteiger partial charge in [0.05, 0.1) is 0 Å². The Morgan fingerprint density at radius 1 is 0.700 bits per heavy atom. The Bertz CT molecular complexity index is 153. The van der Waals surface area contributed by atoms with Gasteiger partial charge in [-0.3, -0.25) is 0 Å². The molecule has 0 aromatic heterocycles. The van der Waals surface area contributed by atoms with Crippen LogP contribution in [0.15, 0.2) is 24.3 Å². The summed E-state index contributed by atoms with van der Waals surface area (Å²) in [6, 6.07) is 7.09. The zero-order valence-corrected chi connectivity index (χ0v) is 5.46. The predicted octanol–water partition coefficient (Wildman–Crippen LogP) is -0.798. The SMILES string of the molecule is Nc1ccc(N)cc1.O.O. The highest BCUT2D eigenvalue weighted by Gasteiger charge is 1.80. The summed E-state index contributed by atoms with van der Waals surface area (Å²) in [4.78, 5) is 0. The minimum absolute atomic E-state index is 0. The molecule has 0 fully saturated rings. The van der Waals surface area contributed by atoms with Crippen molar-refractivity contribution in [2.24, 2.45) is 0 Å². The lowest BCUT2D eigenvalue weighted by atomic mass is 10.3. The number of hydrogen-bond donors (Lipinski definition) is 2. The summed E-state index contributed by atoms with van der Waals surface area (Å²) in [6.07, 6.45) is 0. The lowest BCUT2D eigenvalue weighted by Gasteiger charge is -1.90. The second-order valence-electron chi connectivity index (χ2n) is 1.67. The molecule has 0 heterocycles. The molecule has 1 rings (SSSR count).